The lowest BCUT2D eigenvalue weighted by Gasteiger charge is -1.98. The number of esters is 1. The zero-order valence-electron chi connectivity index (χ0n) is 9.79. The van der Waals surface area contributed by atoms with Crippen LogP contribution in [0.25, 0.3) is 10.7 Å². The van der Waals surface area contributed by atoms with Gasteiger partial charge in [-0.25, -0.2) is 0 Å². The number of nitrogens with zero attached hydrogens (tertiary/aromatic N) is 2. The fourth-order valence-corrected chi connectivity index (χ4v) is 2.54. The number of hydrogen-bond acceptors (Lipinski definition) is 7. The molecule has 0 saturated carbocycles. The average molecular weight is 284 g/mol. The Labute approximate surface area is 113 Å². The van der Waals surface area contributed by atoms with Crippen molar-refractivity contribution in [2.75, 3.05) is 12.4 Å². The van der Waals surface area contributed by atoms with E-state index in [0.29, 0.717) is 29.8 Å². The number of carbonyl (C=O) groups excluding carboxylic acids is 1. The van der Waals surface area contributed by atoms with E-state index in [1.54, 1.807) is 18.3 Å². The molecule has 2 heterocycles. The van der Waals surface area contributed by atoms with Gasteiger partial charge in [0, 0.05) is 0 Å². The first-order valence-corrected chi connectivity index (χ1v) is 7.43. The van der Waals surface area contributed by atoms with E-state index < -0.39 is 0 Å². The molecule has 0 aliphatic carbocycles. The second kappa shape index (κ2) is 6.55. The standard InChI is InChI=1S/C11H12N2O3S2/c1-2-15-10(14)7-17-6-9-12-11(13-16-9)8-4-3-5-18-8/h3-5H,2,6-7H2,1H3. The number of thiophene rings is 1. The highest BCUT2D eigenvalue weighted by Crippen LogP contribution is 2.22. The molecule has 0 aliphatic rings. The van der Waals surface area contributed by atoms with Gasteiger partial charge in [-0.05, 0) is 18.4 Å². The fourth-order valence-electron chi connectivity index (χ4n) is 1.24. The summed E-state index contributed by atoms with van der Waals surface area (Å²) in [5.74, 6) is 1.70. The molecule has 0 N–H and O–H groups in total. The summed E-state index contributed by atoms with van der Waals surface area (Å²) in [6.07, 6.45) is 0. The molecule has 0 atom stereocenters. The minimum absolute atomic E-state index is 0.222. The van der Waals surface area contributed by atoms with Crippen molar-refractivity contribution in [2.45, 2.75) is 12.7 Å². The van der Waals surface area contributed by atoms with Gasteiger partial charge in [0.15, 0.2) is 0 Å². The largest absolute Gasteiger partial charge is 0.465 e. The molecule has 0 aliphatic heterocycles. The summed E-state index contributed by atoms with van der Waals surface area (Å²) in [6, 6.07) is 3.87. The quantitative estimate of drug-likeness (QED) is 0.760. The lowest BCUT2D eigenvalue weighted by Crippen LogP contribution is -2.06. The molecule has 0 bridgehead atoms. The molecule has 0 unspecified atom stereocenters. The first kappa shape index (κ1) is 13.1. The lowest BCUT2D eigenvalue weighted by molar-refractivity contribution is -0.139. The van der Waals surface area contributed by atoms with Crippen molar-refractivity contribution in [2.24, 2.45) is 0 Å². The zero-order valence-corrected chi connectivity index (χ0v) is 11.4. The Kier molecular flexibility index (Phi) is 4.77. The molecule has 7 heteroatoms. The maximum atomic E-state index is 11.1. The minimum Gasteiger partial charge on any atom is -0.465 e. The van der Waals surface area contributed by atoms with E-state index in [9.17, 15) is 4.79 Å². The summed E-state index contributed by atoms with van der Waals surface area (Å²) in [7, 11) is 0. The Morgan fingerprint density at radius 3 is 3.22 bits per heavy atom. The third kappa shape index (κ3) is 3.58. The second-order valence-electron chi connectivity index (χ2n) is 3.29. The molecule has 0 spiro atoms. The molecular weight excluding hydrogens is 272 g/mol. The molecule has 0 radical (unpaired) electrons. The predicted octanol–water partition coefficient (Wildman–Crippen LogP) is 2.59. The third-order valence-corrected chi connectivity index (χ3v) is 3.72. The number of thioether (sulfide) groups is 1. The number of rotatable bonds is 6. The second-order valence-corrected chi connectivity index (χ2v) is 5.22. The van der Waals surface area contributed by atoms with E-state index in [2.05, 4.69) is 10.1 Å². The zero-order chi connectivity index (χ0) is 12.8. The topological polar surface area (TPSA) is 65.2 Å². The van der Waals surface area contributed by atoms with E-state index >= 15 is 0 Å². The van der Waals surface area contributed by atoms with Gasteiger partial charge in [0.2, 0.25) is 11.7 Å². The molecule has 18 heavy (non-hydrogen) atoms. The van der Waals surface area contributed by atoms with Gasteiger partial charge in [-0.2, -0.15) is 4.98 Å². The van der Waals surface area contributed by atoms with E-state index in [4.69, 9.17) is 9.26 Å². The number of carbonyl (C=O) groups is 1. The van der Waals surface area contributed by atoms with Crippen LogP contribution in [-0.2, 0) is 15.3 Å². The van der Waals surface area contributed by atoms with Crippen LogP contribution in [0.1, 0.15) is 12.8 Å². The van der Waals surface area contributed by atoms with Crippen LogP contribution < -0.4 is 0 Å². The van der Waals surface area contributed by atoms with Crippen LogP contribution in [0.4, 0.5) is 0 Å². The van der Waals surface area contributed by atoms with Crippen LogP contribution in [0.15, 0.2) is 22.0 Å². The highest BCUT2D eigenvalue weighted by molar-refractivity contribution is 7.99. The van der Waals surface area contributed by atoms with Crippen molar-refractivity contribution in [3.8, 4) is 10.7 Å². The van der Waals surface area contributed by atoms with Crippen LogP contribution in [0, 0.1) is 0 Å². The van der Waals surface area contributed by atoms with Crippen molar-refractivity contribution >= 4 is 29.1 Å². The molecule has 96 valence electrons. The van der Waals surface area contributed by atoms with Gasteiger partial charge >= 0.3 is 5.97 Å². The predicted molar refractivity (Wildman–Crippen MR) is 70.4 cm³/mol. The molecule has 0 amide bonds. The molecule has 0 saturated heterocycles. The minimum atomic E-state index is -0.222. The summed E-state index contributed by atoms with van der Waals surface area (Å²) in [6.45, 7) is 2.19. The normalized spacial score (nSPS) is 10.5. The van der Waals surface area contributed by atoms with Crippen molar-refractivity contribution in [1.29, 1.82) is 0 Å². The maximum Gasteiger partial charge on any atom is 0.315 e. The summed E-state index contributed by atoms with van der Waals surface area (Å²) in [5, 5.41) is 5.85. The van der Waals surface area contributed by atoms with Gasteiger partial charge < -0.3 is 9.26 Å². The van der Waals surface area contributed by atoms with E-state index in [0.717, 1.165) is 4.88 Å². The highest BCUT2D eigenvalue weighted by atomic mass is 32.2. The fraction of sp³-hybridized carbons (Fsp3) is 0.364. The number of aromatic nitrogens is 2. The molecule has 2 rings (SSSR count). The summed E-state index contributed by atoms with van der Waals surface area (Å²) in [5.41, 5.74) is 0. The summed E-state index contributed by atoms with van der Waals surface area (Å²) in [4.78, 5) is 16.3. The number of ether oxygens (including phenoxy) is 1. The van der Waals surface area contributed by atoms with E-state index in [-0.39, 0.29) is 5.97 Å². The van der Waals surface area contributed by atoms with Crippen molar-refractivity contribution in [3.63, 3.8) is 0 Å². The van der Waals surface area contributed by atoms with Gasteiger partial charge in [-0.1, -0.05) is 11.2 Å². The Morgan fingerprint density at radius 2 is 2.50 bits per heavy atom. The first-order valence-electron chi connectivity index (χ1n) is 5.39. The van der Waals surface area contributed by atoms with E-state index in [1.807, 2.05) is 17.5 Å². The monoisotopic (exact) mass is 284 g/mol. The molecule has 2 aromatic rings. The lowest BCUT2D eigenvalue weighted by atomic mass is 10.4. The van der Waals surface area contributed by atoms with Crippen LogP contribution in [0.3, 0.4) is 0 Å². The van der Waals surface area contributed by atoms with Gasteiger partial charge in [0.1, 0.15) is 0 Å². The summed E-state index contributed by atoms with van der Waals surface area (Å²) < 4.78 is 9.92. The first-order chi connectivity index (χ1) is 8.79. The van der Waals surface area contributed by atoms with Gasteiger partial charge in [0.25, 0.3) is 0 Å². The Morgan fingerprint density at radius 1 is 1.61 bits per heavy atom. The smallest absolute Gasteiger partial charge is 0.315 e. The third-order valence-electron chi connectivity index (χ3n) is 1.96. The molecule has 0 fully saturated rings. The Balaban J connectivity index is 1.82. The Bertz CT molecular complexity index is 496. The average Bonchev–Trinajstić information content (AvgIpc) is 2.99. The van der Waals surface area contributed by atoms with Gasteiger partial charge in [-0.15, -0.1) is 23.1 Å². The highest BCUT2D eigenvalue weighted by Gasteiger charge is 2.10. The van der Waals surface area contributed by atoms with Gasteiger partial charge in [0.05, 0.1) is 23.0 Å². The van der Waals surface area contributed by atoms with Crippen molar-refractivity contribution < 1.29 is 14.1 Å². The van der Waals surface area contributed by atoms with Crippen LogP contribution in [-0.4, -0.2) is 28.5 Å². The van der Waals surface area contributed by atoms with Crippen LogP contribution in [0.5, 0.6) is 0 Å². The molecular formula is C11H12N2O3S2. The van der Waals surface area contributed by atoms with Gasteiger partial charge in [-0.3, -0.25) is 4.79 Å². The molecule has 0 aromatic carbocycles. The SMILES string of the molecule is CCOC(=O)CSCc1nc(-c2cccs2)no1. The molecule has 5 nitrogen and oxygen atoms in total. The number of hydrogen-bond donors (Lipinski definition) is 0. The van der Waals surface area contributed by atoms with Crippen LogP contribution >= 0.6 is 23.1 Å². The summed E-state index contributed by atoms with van der Waals surface area (Å²) >= 11 is 2.96. The van der Waals surface area contributed by atoms with Crippen LogP contribution in [0.2, 0.25) is 0 Å². The van der Waals surface area contributed by atoms with Crippen molar-refractivity contribution in [1.82, 2.24) is 10.1 Å². The maximum absolute atomic E-state index is 11.1. The van der Waals surface area contributed by atoms with Crippen molar-refractivity contribution in [3.05, 3.63) is 23.4 Å². The Hall–Kier alpha value is -1.34. The van der Waals surface area contributed by atoms with E-state index in [1.165, 1.54) is 11.8 Å². The molecule has 2 aromatic heterocycles.